The molecule has 0 aromatic carbocycles. The van der Waals surface area contributed by atoms with Gasteiger partial charge in [-0.15, -0.1) is 24.0 Å². The average molecular weight is 458 g/mol. The van der Waals surface area contributed by atoms with Crippen molar-refractivity contribution in [3.05, 3.63) is 0 Å². The van der Waals surface area contributed by atoms with E-state index in [0.717, 1.165) is 25.9 Å². The van der Waals surface area contributed by atoms with Crippen LogP contribution in [0, 0.1) is 0 Å². The molecule has 2 aliphatic heterocycles. The Morgan fingerprint density at radius 1 is 1.17 bits per heavy atom. The van der Waals surface area contributed by atoms with Crippen molar-refractivity contribution < 1.29 is 13.2 Å². The normalized spacial score (nSPS) is 23.3. The zero-order chi connectivity index (χ0) is 16.4. The number of carbonyl (C=O) groups is 1. The van der Waals surface area contributed by atoms with Gasteiger partial charge in [-0.3, -0.25) is 9.79 Å². The number of nitrogens with zero attached hydrogens (tertiary/aromatic N) is 3. The van der Waals surface area contributed by atoms with Crippen molar-refractivity contribution in [1.29, 1.82) is 0 Å². The van der Waals surface area contributed by atoms with Crippen molar-refractivity contribution in [3.8, 4) is 0 Å². The first-order valence-corrected chi connectivity index (χ1v) is 9.38. The third-order valence-corrected chi connectivity index (χ3v) is 6.94. The molecule has 134 valence electrons. The van der Waals surface area contributed by atoms with Gasteiger partial charge in [0.2, 0.25) is 5.91 Å². The minimum atomic E-state index is -3.08. The van der Waals surface area contributed by atoms with Crippen molar-refractivity contribution in [1.82, 2.24) is 15.1 Å². The molecule has 1 N–H and O–H groups in total. The second kappa shape index (κ2) is 8.00. The van der Waals surface area contributed by atoms with Crippen molar-refractivity contribution in [2.45, 2.75) is 31.4 Å². The molecule has 0 unspecified atom stereocenters. The van der Waals surface area contributed by atoms with Crippen LogP contribution in [0.15, 0.2) is 4.99 Å². The number of halogens is 1. The third kappa shape index (κ3) is 4.71. The van der Waals surface area contributed by atoms with E-state index in [1.54, 1.807) is 20.9 Å². The van der Waals surface area contributed by atoms with Crippen LogP contribution in [0.5, 0.6) is 0 Å². The molecule has 9 heteroatoms. The quantitative estimate of drug-likeness (QED) is 0.366. The number of nitrogens with one attached hydrogen (secondary N) is 1. The zero-order valence-electron chi connectivity index (χ0n) is 14.0. The average Bonchev–Trinajstić information content (AvgIpc) is 2.97. The maximum absolute atomic E-state index is 12.1. The van der Waals surface area contributed by atoms with E-state index >= 15 is 0 Å². The SMILES string of the molecule is CN=C(NCC(=O)N1CCCC1)N1CCS(=O)(=O)C(C)(C)C1.I. The van der Waals surface area contributed by atoms with E-state index in [0.29, 0.717) is 19.0 Å². The zero-order valence-corrected chi connectivity index (χ0v) is 17.2. The molecule has 2 heterocycles. The van der Waals surface area contributed by atoms with E-state index in [4.69, 9.17) is 0 Å². The highest BCUT2D eigenvalue weighted by Gasteiger charge is 2.41. The lowest BCUT2D eigenvalue weighted by atomic mass is 10.2. The largest absolute Gasteiger partial charge is 0.347 e. The lowest BCUT2D eigenvalue weighted by molar-refractivity contribution is -0.128. The fourth-order valence-corrected chi connectivity index (χ4v) is 4.26. The van der Waals surface area contributed by atoms with Crippen LogP contribution in [-0.4, -0.2) is 80.4 Å². The molecule has 0 aromatic rings. The Hall–Kier alpha value is -0.580. The van der Waals surface area contributed by atoms with E-state index in [1.807, 2.05) is 9.80 Å². The van der Waals surface area contributed by atoms with Crippen molar-refractivity contribution >= 4 is 45.7 Å². The summed E-state index contributed by atoms with van der Waals surface area (Å²) in [7, 11) is -1.43. The Morgan fingerprint density at radius 3 is 2.30 bits per heavy atom. The highest BCUT2D eigenvalue weighted by atomic mass is 127. The first-order chi connectivity index (χ1) is 10.3. The molecule has 0 atom stereocenters. The van der Waals surface area contributed by atoms with Crippen LogP contribution in [0.25, 0.3) is 0 Å². The number of amides is 1. The van der Waals surface area contributed by atoms with Crippen LogP contribution >= 0.6 is 24.0 Å². The van der Waals surface area contributed by atoms with E-state index in [9.17, 15) is 13.2 Å². The van der Waals surface area contributed by atoms with E-state index in [2.05, 4.69) is 10.3 Å². The highest BCUT2D eigenvalue weighted by Crippen LogP contribution is 2.23. The minimum Gasteiger partial charge on any atom is -0.347 e. The number of hydrogen-bond donors (Lipinski definition) is 1. The maximum Gasteiger partial charge on any atom is 0.241 e. The topological polar surface area (TPSA) is 82.1 Å². The molecule has 7 nitrogen and oxygen atoms in total. The second-order valence-corrected chi connectivity index (χ2v) is 9.23. The van der Waals surface area contributed by atoms with Crippen molar-refractivity contribution in [2.75, 3.05) is 45.5 Å². The Morgan fingerprint density at radius 2 is 1.78 bits per heavy atom. The van der Waals surface area contributed by atoms with Gasteiger partial charge in [-0.05, 0) is 26.7 Å². The number of carbonyl (C=O) groups excluding carboxylic acids is 1. The monoisotopic (exact) mass is 458 g/mol. The molecule has 1 amide bonds. The fourth-order valence-electron chi connectivity index (χ4n) is 2.89. The number of aliphatic imine (C=N–C) groups is 1. The molecular formula is C14H27IN4O3S. The lowest BCUT2D eigenvalue weighted by Gasteiger charge is -2.39. The summed E-state index contributed by atoms with van der Waals surface area (Å²) in [6, 6.07) is 0. The Labute approximate surface area is 155 Å². The third-order valence-electron chi connectivity index (χ3n) is 4.41. The number of rotatable bonds is 2. The van der Waals surface area contributed by atoms with Gasteiger partial charge in [-0.1, -0.05) is 0 Å². The molecule has 0 bridgehead atoms. The van der Waals surface area contributed by atoms with Crippen LogP contribution in [-0.2, 0) is 14.6 Å². The first-order valence-electron chi connectivity index (χ1n) is 7.72. The van der Waals surface area contributed by atoms with Gasteiger partial charge in [0.1, 0.15) is 0 Å². The van der Waals surface area contributed by atoms with Crippen LogP contribution < -0.4 is 5.32 Å². The van der Waals surface area contributed by atoms with Gasteiger partial charge < -0.3 is 15.1 Å². The van der Waals surface area contributed by atoms with Gasteiger partial charge in [-0.2, -0.15) is 0 Å². The van der Waals surface area contributed by atoms with Gasteiger partial charge in [-0.25, -0.2) is 8.42 Å². The van der Waals surface area contributed by atoms with Gasteiger partial charge in [0.15, 0.2) is 15.8 Å². The molecular weight excluding hydrogens is 431 g/mol. The summed E-state index contributed by atoms with van der Waals surface area (Å²) in [6.45, 7) is 6.11. The van der Waals surface area contributed by atoms with Crippen LogP contribution in [0.3, 0.4) is 0 Å². The fraction of sp³-hybridized carbons (Fsp3) is 0.857. The molecule has 0 aromatic heterocycles. The summed E-state index contributed by atoms with van der Waals surface area (Å²) in [4.78, 5) is 20.0. The standard InChI is InChI=1S/C14H26N4O3S.HI/c1-14(2)11-18(8-9-22(14,20)21)13(15-3)16-10-12(19)17-6-4-5-7-17;/h4-11H2,1-3H3,(H,15,16);1H. The highest BCUT2D eigenvalue weighted by molar-refractivity contribution is 14.0. The van der Waals surface area contributed by atoms with Crippen molar-refractivity contribution in [2.24, 2.45) is 4.99 Å². The Balaban J connectivity index is 0.00000264. The minimum absolute atomic E-state index is 0. The number of likely N-dealkylation sites (tertiary alicyclic amines) is 1. The molecule has 23 heavy (non-hydrogen) atoms. The predicted octanol–water partition coefficient (Wildman–Crippen LogP) is 0.311. The van der Waals surface area contributed by atoms with Gasteiger partial charge in [0.25, 0.3) is 0 Å². The molecule has 0 spiro atoms. The van der Waals surface area contributed by atoms with E-state index in [1.165, 1.54) is 0 Å². The van der Waals surface area contributed by atoms with Gasteiger partial charge in [0, 0.05) is 33.2 Å². The van der Waals surface area contributed by atoms with E-state index in [-0.39, 0.29) is 42.2 Å². The summed E-state index contributed by atoms with van der Waals surface area (Å²) in [5.74, 6) is 0.777. The Kier molecular flexibility index (Phi) is 7.12. The maximum atomic E-state index is 12.1. The van der Waals surface area contributed by atoms with Crippen molar-refractivity contribution in [3.63, 3.8) is 0 Å². The summed E-state index contributed by atoms with van der Waals surface area (Å²) in [6.07, 6.45) is 2.14. The molecule has 2 fully saturated rings. The van der Waals surface area contributed by atoms with Gasteiger partial charge >= 0.3 is 0 Å². The smallest absolute Gasteiger partial charge is 0.241 e. The summed E-state index contributed by atoms with van der Waals surface area (Å²) in [5.41, 5.74) is 0. The molecule has 2 rings (SSSR count). The lowest BCUT2D eigenvalue weighted by Crippen LogP contribution is -2.58. The number of hydrogen-bond acceptors (Lipinski definition) is 4. The van der Waals surface area contributed by atoms with Crippen LogP contribution in [0.2, 0.25) is 0 Å². The molecule has 2 aliphatic rings. The number of sulfone groups is 1. The molecule has 0 radical (unpaired) electrons. The molecule has 0 aliphatic carbocycles. The van der Waals surface area contributed by atoms with Crippen LogP contribution in [0.1, 0.15) is 26.7 Å². The molecule has 0 saturated carbocycles. The summed E-state index contributed by atoms with van der Waals surface area (Å²) >= 11 is 0. The number of guanidine groups is 1. The Bertz CT molecular complexity index is 556. The molecule has 2 saturated heterocycles. The summed E-state index contributed by atoms with van der Waals surface area (Å²) in [5, 5.41) is 3.07. The first kappa shape index (κ1) is 20.5. The predicted molar refractivity (Wildman–Crippen MR) is 102 cm³/mol. The summed E-state index contributed by atoms with van der Waals surface area (Å²) < 4.78 is 23.3. The second-order valence-electron chi connectivity index (χ2n) is 6.49. The van der Waals surface area contributed by atoms with E-state index < -0.39 is 14.6 Å². The van der Waals surface area contributed by atoms with Crippen LogP contribution in [0.4, 0.5) is 0 Å². The van der Waals surface area contributed by atoms with Gasteiger partial charge in [0.05, 0.1) is 17.0 Å².